The first-order valence-electron chi connectivity index (χ1n) is 6.47. The van der Waals surface area contributed by atoms with E-state index in [0.29, 0.717) is 0 Å². The topological polar surface area (TPSA) is 38.3 Å². The maximum atomic E-state index is 11.9. The molecule has 0 saturated heterocycles. The summed E-state index contributed by atoms with van der Waals surface area (Å²) < 4.78 is 5.31. The molecule has 3 heteroatoms. The van der Waals surface area contributed by atoms with E-state index in [0.717, 1.165) is 12.8 Å². The monoisotopic (exact) mass is 251 g/mol. The molecule has 1 unspecified atom stereocenters. The summed E-state index contributed by atoms with van der Waals surface area (Å²) in [4.78, 5) is 11.9. The van der Waals surface area contributed by atoms with Crippen molar-refractivity contribution >= 4 is 6.09 Å². The Kier molecular flexibility index (Phi) is 3.72. The third-order valence-corrected chi connectivity index (χ3v) is 3.16. The molecule has 0 heterocycles. The van der Waals surface area contributed by atoms with Crippen molar-refractivity contribution in [1.29, 1.82) is 0 Å². The van der Waals surface area contributed by atoms with Gasteiger partial charge in [-0.15, -0.1) is 6.42 Å². The molecule has 1 N–H and O–H groups in total. The average Bonchev–Trinajstić information content (AvgIpc) is 2.90. The van der Waals surface area contributed by atoms with E-state index < -0.39 is 5.60 Å². The number of carbonyl (C=O) groups excluding carboxylic acids is 1. The number of hydrogen-bond donors (Lipinski definition) is 1. The molecule has 1 saturated carbocycles. The first-order chi connectivity index (χ1) is 8.00. The van der Waals surface area contributed by atoms with Gasteiger partial charge in [0.15, 0.2) is 0 Å². The number of nitrogens with one attached hydrogen (secondary N) is 1. The van der Waals surface area contributed by atoms with Gasteiger partial charge in [0.05, 0.1) is 11.5 Å². The van der Waals surface area contributed by atoms with Crippen LogP contribution in [0.4, 0.5) is 4.79 Å². The minimum absolute atomic E-state index is 0.0511. The Hall–Kier alpha value is -1.17. The number of alkyl carbamates (subject to hydrolysis) is 1. The van der Waals surface area contributed by atoms with Gasteiger partial charge in [-0.05, 0) is 39.0 Å². The Morgan fingerprint density at radius 1 is 1.28 bits per heavy atom. The summed E-state index contributed by atoms with van der Waals surface area (Å²) in [6, 6.07) is -0.0511. The third-order valence-electron chi connectivity index (χ3n) is 3.16. The lowest BCUT2D eigenvalue weighted by Gasteiger charge is -2.36. The maximum absolute atomic E-state index is 11.9. The van der Waals surface area contributed by atoms with E-state index in [9.17, 15) is 4.79 Å². The quantitative estimate of drug-likeness (QED) is 0.764. The largest absolute Gasteiger partial charge is 0.444 e. The molecule has 3 nitrogen and oxygen atoms in total. The first kappa shape index (κ1) is 14.9. The second kappa shape index (κ2) is 4.50. The van der Waals surface area contributed by atoms with Crippen molar-refractivity contribution in [2.75, 3.05) is 0 Å². The summed E-state index contributed by atoms with van der Waals surface area (Å²) in [7, 11) is 0. The second-order valence-corrected chi connectivity index (χ2v) is 7.25. The van der Waals surface area contributed by atoms with Gasteiger partial charge in [0, 0.05) is 0 Å². The molecule has 102 valence electrons. The van der Waals surface area contributed by atoms with E-state index in [1.807, 2.05) is 20.8 Å². The molecule has 0 aliphatic heterocycles. The molecule has 0 radical (unpaired) electrons. The Labute approximate surface area is 111 Å². The molecule has 1 rings (SSSR count). The lowest BCUT2D eigenvalue weighted by atomic mass is 9.77. The van der Waals surface area contributed by atoms with Crippen LogP contribution in [0.3, 0.4) is 0 Å². The fraction of sp³-hybridized carbons (Fsp3) is 0.800. The smallest absolute Gasteiger partial charge is 0.407 e. The predicted molar refractivity (Wildman–Crippen MR) is 73.1 cm³/mol. The molecule has 18 heavy (non-hydrogen) atoms. The minimum Gasteiger partial charge on any atom is -0.444 e. The highest BCUT2D eigenvalue weighted by atomic mass is 16.6. The van der Waals surface area contributed by atoms with Gasteiger partial charge in [0.1, 0.15) is 5.60 Å². The molecule has 1 fully saturated rings. The molecule has 0 aromatic heterocycles. The molecule has 1 atom stereocenters. The van der Waals surface area contributed by atoms with E-state index in [1.54, 1.807) is 0 Å². The Morgan fingerprint density at radius 2 is 1.78 bits per heavy atom. The van der Waals surface area contributed by atoms with E-state index in [-0.39, 0.29) is 23.0 Å². The van der Waals surface area contributed by atoms with Crippen LogP contribution in [0.5, 0.6) is 0 Å². The van der Waals surface area contributed by atoms with Crippen molar-refractivity contribution in [3.63, 3.8) is 0 Å². The molecule has 0 bridgehead atoms. The molecule has 1 aliphatic carbocycles. The predicted octanol–water partition coefficient (Wildman–Crippen LogP) is 3.34. The SMILES string of the molecule is C#CC1(C(NC(=O)OC(C)(C)C)C(C)(C)C)CC1. The van der Waals surface area contributed by atoms with Crippen LogP contribution in [-0.2, 0) is 4.74 Å². The number of ether oxygens (including phenoxy) is 1. The average molecular weight is 251 g/mol. The lowest BCUT2D eigenvalue weighted by molar-refractivity contribution is 0.0432. The zero-order valence-electron chi connectivity index (χ0n) is 12.4. The van der Waals surface area contributed by atoms with E-state index in [4.69, 9.17) is 11.2 Å². The summed E-state index contributed by atoms with van der Waals surface area (Å²) in [5.41, 5.74) is -0.756. The summed E-state index contributed by atoms with van der Waals surface area (Å²) in [6.07, 6.45) is 7.19. The summed E-state index contributed by atoms with van der Waals surface area (Å²) >= 11 is 0. The number of amides is 1. The fourth-order valence-electron chi connectivity index (χ4n) is 2.26. The van der Waals surface area contributed by atoms with Gasteiger partial charge in [-0.3, -0.25) is 0 Å². The van der Waals surface area contributed by atoms with Crippen LogP contribution in [0.2, 0.25) is 0 Å². The van der Waals surface area contributed by atoms with Crippen molar-refractivity contribution < 1.29 is 9.53 Å². The third kappa shape index (κ3) is 3.66. The van der Waals surface area contributed by atoms with Gasteiger partial charge in [-0.1, -0.05) is 26.7 Å². The number of carbonyl (C=O) groups is 1. The van der Waals surface area contributed by atoms with Gasteiger partial charge in [0.2, 0.25) is 0 Å². The summed E-state index contributed by atoms with van der Waals surface area (Å²) in [5, 5.41) is 2.96. The zero-order valence-corrected chi connectivity index (χ0v) is 12.4. The van der Waals surface area contributed by atoms with Crippen LogP contribution in [0.25, 0.3) is 0 Å². The molecular formula is C15H25NO2. The van der Waals surface area contributed by atoms with Crippen molar-refractivity contribution in [2.45, 2.75) is 66.0 Å². The molecule has 0 spiro atoms. The molecule has 0 aromatic rings. The van der Waals surface area contributed by atoms with Crippen LogP contribution in [0, 0.1) is 23.2 Å². The maximum Gasteiger partial charge on any atom is 0.407 e. The minimum atomic E-state index is -0.487. The second-order valence-electron chi connectivity index (χ2n) is 7.25. The molecule has 1 amide bonds. The Bertz CT molecular complexity index is 361. The number of terminal acetylenes is 1. The number of rotatable bonds is 2. The van der Waals surface area contributed by atoms with Crippen LogP contribution >= 0.6 is 0 Å². The van der Waals surface area contributed by atoms with E-state index in [1.165, 1.54) is 0 Å². The van der Waals surface area contributed by atoms with Crippen molar-refractivity contribution in [1.82, 2.24) is 5.32 Å². The zero-order chi connectivity index (χ0) is 14.2. The van der Waals surface area contributed by atoms with E-state index in [2.05, 4.69) is 32.0 Å². The van der Waals surface area contributed by atoms with Crippen molar-refractivity contribution in [3.8, 4) is 12.3 Å². The fourth-order valence-corrected chi connectivity index (χ4v) is 2.26. The highest BCUT2D eigenvalue weighted by molar-refractivity contribution is 5.68. The van der Waals surface area contributed by atoms with Crippen molar-refractivity contribution in [3.05, 3.63) is 0 Å². The molecule has 1 aliphatic rings. The van der Waals surface area contributed by atoms with Crippen LogP contribution in [0.1, 0.15) is 54.4 Å². The van der Waals surface area contributed by atoms with Gasteiger partial charge in [-0.25, -0.2) is 4.79 Å². The van der Waals surface area contributed by atoms with Crippen LogP contribution in [-0.4, -0.2) is 17.7 Å². The summed E-state index contributed by atoms with van der Waals surface area (Å²) in [6.45, 7) is 11.8. The lowest BCUT2D eigenvalue weighted by Crippen LogP contribution is -2.50. The van der Waals surface area contributed by atoms with Gasteiger partial charge >= 0.3 is 6.09 Å². The number of hydrogen-bond acceptors (Lipinski definition) is 2. The summed E-state index contributed by atoms with van der Waals surface area (Å²) in [5.74, 6) is 2.86. The normalized spacial score (nSPS) is 19.6. The molecule has 0 aromatic carbocycles. The first-order valence-corrected chi connectivity index (χ1v) is 6.47. The van der Waals surface area contributed by atoms with Gasteiger partial charge < -0.3 is 10.1 Å². The van der Waals surface area contributed by atoms with Crippen molar-refractivity contribution in [2.24, 2.45) is 10.8 Å². The van der Waals surface area contributed by atoms with Gasteiger partial charge in [-0.2, -0.15) is 0 Å². The Morgan fingerprint density at radius 3 is 2.06 bits per heavy atom. The standard InChI is InChI=1S/C15H25NO2/c1-8-15(9-10-15)11(13(2,3)4)16-12(17)18-14(5,6)7/h1,11H,9-10H2,2-7H3,(H,16,17). The Balaban J connectivity index is 2.77. The van der Waals surface area contributed by atoms with Gasteiger partial charge in [0.25, 0.3) is 0 Å². The highest BCUT2D eigenvalue weighted by Gasteiger charge is 2.53. The van der Waals surface area contributed by atoms with E-state index >= 15 is 0 Å². The molecular weight excluding hydrogens is 226 g/mol. The highest BCUT2D eigenvalue weighted by Crippen LogP contribution is 2.52. The van der Waals surface area contributed by atoms with Crippen LogP contribution in [0.15, 0.2) is 0 Å². The van der Waals surface area contributed by atoms with Crippen LogP contribution < -0.4 is 5.32 Å².